The molecule has 1 aromatic rings. The standard InChI is InChI=1S/C18H27ClN2O/c1-14(2)11-12-20-18(22)21-13-7-3-4-10-17(21)15-8-5-6-9-16(15)19/h5-6,8-9,14,17H,3-4,7,10-13H2,1-2H3,(H,20,22). The van der Waals surface area contributed by atoms with Gasteiger partial charge >= 0.3 is 6.03 Å². The summed E-state index contributed by atoms with van der Waals surface area (Å²) >= 11 is 6.37. The summed E-state index contributed by atoms with van der Waals surface area (Å²) in [5.74, 6) is 0.601. The Morgan fingerprint density at radius 1 is 1.32 bits per heavy atom. The van der Waals surface area contributed by atoms with Crippen molar-refractivity contribution in [3.05, 3.63) is 34.9 Å². The van der Waals surface area contributed by atoms with Gasteiger partial charge in [0.2, 0.25) is 0 Å². The Morgan fingerprint density at radius 3 is 2.82 bits per heavy atom. The molecule has 0 saturated carbocycles. The molecule has 1 heterocycles. The number of hydrogen-bond acceptors (Lipinski definition) is 1. The summed E-state index contributed by atoms with van der Waals surface area (Å²) in [5.41, 5.74) is 1.07. The van der Waals surface area contributed by atoms with Crippen molar-refractivity contribution in [3.63, 3.8) is 0 Å². The van der Waals surface area contributed by atoms with Crippen LogP contribution in [0.1, 0.15) is 57.6 Å². The monoisotopic (exact) mass is 322 g/mol. The molecule has 22 heavy (non-hydrogen) atoms. The fourth-order valence-electron chi connectivity index (χ4n) is 2.99. The molecule has 1 unspecified atom stereocenters. The number of nitrogens with one attached hydrogen (secondary N) is 1. The molecule has 1 aromatic carbocycles. The summed E-state index contributed by atoms with van der Waals surface area (Å²) < 4.78 is 0. The van der Waals surface area contributed by atoms with Crippen LogP contribution in [-0.2, 0) is 0 Å². The molecule has 0 aromatic heterocycles. The molecule has 3 nitrogen and oxygen atoms in total. The molecule has 1 aliphatic heterocycles. The SMILES string of the molecule is CC(C)CCNC(=O)N1CCCCCC1c1ccccc1Cl. The summed E-state index contributed by atoms with van der Waals surface area (Å²) in [5, 5.41) is 3.83. The van der Waals surface area contributed by atoms with Crippen molar-refractivity contribution in [2.45, 2.75) is 52.0 Å². The lowest BCUT2D eigenvalue weighted by atomic mass is 10.0. The quantitative estimate of drug-likeness (QED) is 0.830. The molecule has 0 radical (unpaired) electrons. The Kier molecular flexibility index (Phi) is 6.56. The maximum Gasteiger partial charge on any atom is 0.317 e. The summed E-state index contributed by atoms with van der Waals surface area (Å²) in [6.07, 6.45) is 5.39. The lowest BCUT2D eigenvalue weighted by Crippen LogP contribution is -2.42. The molecular weight excluding hydrogens is 296 g/mol. The van der Waals surface area contributed by atoms with Crippen LogP contribution < -0.4 is 5.32 Å². The van der Waals surface area contributed by atoms with Crippen LogP contribution >= 0.6 is 11.6 Å². The van der Waals surface area contributed by atoms with Gasteiger partial charge in [0.25, 0.3) is 0 Å². The zero-order chi connectivity index (χ0) is 15.9. The number of carbonyl (C=O) groups is 1. The zero-order valence-electron chi connectivity index (χ0n) is 13.6. The highest BCUT2D eigenvalue weighted by Crippen LogP contribution is 2.34. The maximum absolute atomic E-state index is 12.6. The van der Waals surface area contributed by atoms with Crippen molar-refractivity contribution in [1.29, 1.82) is 0 Å². The zero-order valence-corrected chi connectivity index (χ0v) is 14.4. The van der Waals surface area contributed by atoms with Crippen molar-refractivity contribution in [2.24, 2.45) is 5.92 Å². The molecule has 1 atom stereocenters. The Balaban J connectivity index is 2.10. The minimum Gasteiger partial charge on any atom is -0.338 e. The van der Waals surface area contributed by atoms with Crippen molar-refractivity contribution in [1.82, 2.24) is 10.2 Å². The first-order chi connectivity index (χ1) is 10.6. The van der Waals surface area contributed by atoms with Gasteiger partial charge in [-0.05, 0) is 36.8 Å². The van der Waals surface area contributed by atoms with Crippen LogP contribution in [0.2, 0.25) is 5.02 Å². The number of urea groups is 1. The number of carbonyl (C=O) groups excluding carboxylic acids is 1. The third-order valence-corrected chi connectivity index (χ3v) is 4.62. The normalized spacial score (nSPS) is 19.1. The van der Waals surface area contributed by atoms with Crippen LogP contribution in [0, 0.1) is 5.92 Å². The van der Waals surface area contributed by atoms with E-state index in [4.69, 9.17) is 11.6 Å². The number of halogens is 1. The first-order valence-corrected chi connectivity index (χ1v) is 8.76. The van der Waals surface area contributed by atoms with Crippen LogP contribution in [0.4, 0.5) is 4.79 Å². The van der Waals surface area contributed by atoms with E-state index >= 15 is 0 Å². The topological polar surface area (TPSA) is 32.3 Å². The molecule has 1 saturated heterocycles. The third kappa shape index (κ3) is 4.64. The van der Waals surface area contributed by atoms with Gasteiger partial charge in [0, 0.05) is 18.1 Å². The molecule has 1 aliphatic rings. The van der Waals surface area contributed by atoms with Gasteiger partial charge in [-0.3, -0.25) is 0 Å². The van der Waals surface area contributed by atoms with E-state index in [1.165, 1.54) is 6.42 Å². The third-order valence-electron chi connectivity index (χ3n) is 4.28. The minimum absolute atomic E-state index is 0.0486. The van der Waals surface area contributed by atoms with Gasteiger partial charge in [-0.2, -0.15) is 0 Å². The van der Waals surface area contributed by atoms with E-state index in [0.29, 0.717) is 5.92 Å². The highest BCUT2D eigenvalue weighted by molar-refractivity contribution is 6.31. The number of amides is 2. The van der Waals surface area contributed by atoms with E-state index in [1.54, 1.807) is 0 Å². The molecular formula is C18H27ClN2O. The fraction of sp³-hybridized carbons (Fsp3) is 0.611. The van der Waals surface area contributed by atoms with Gasteiger partial charge in [0.1, 0.15) is 0 Å². The minimum atomic E-state index is 0.0486. The second kappa shape index (κ2) is 8.42. The molecule has 0 aliphatic carbocycles. The van der Waals surface area contributed by atoms with Crippen LogP contribution in [-0.4, -0.2) is 24.0 Å². The van der Waals surface area contributed by atoms with E-state index < -0.39 is 0 Å². The Hall–Kier alpha value is -1.22. The molecule has 122 valence electrons. The van der Waals surface area contributed by atoms with E-state index in [0.717, 1.165) is 49.4 Å². The van der Waals surface area contributed by atoms with Crippen molar-refractivity contribution in [3.8, 4) is 0 Å². The van der Waals surface area contributed by atoms with Gasteiger partial charge in [0.15, 0.2) is 0 Å². The molecule has 2 amide bonds. The Morgan fingerprint density at radius 2 is 2.09 bits per heavy atom. The second-order valence-electron chi connectivity index (χ2n) is 6.49. The summed E-state index contributed by atoms with van der Waals surface area (Å²) in [6, 6.07) is 8.04. The second-order valence-corrected chi connectivity index (χ2v) is 6.90. The van der Waals surface area contributed by atoms with E-state index in [-0.39, 0.29) is 12.1 Å². The van der Waals surface area contributed by atoms with Crippen molar-refractivity contribution < 1.29 is 4.79 Å². The summed E-state index contributed by atoms with van der Waals surface area (Å²) in [6.45, 7) is 5.89. The Bertz CT molecular complexity index is 490. The lowest BCUT2D eigenvalue weighted by molar-refractivity contribution is 0.175. The first kappa shape index (κ1) is 17.1. The number of hydrogen-bond donors (Lipinski definition) is 1. The van der Waals surface area contributed by atoms with E-state index in [1.807, 2.05) is 29.2 Å². The first-order valence-electron chi connectivity index (χ1n) is 8.38. The Labute approximate surface area is 139 Å². The van der Waals surface area contributed by atoms with Gasteiger partial charge in [0.05, 0.1) is 6.04 Å². The average Bonchev–Trinajstić information content (AvgIpc) is 2.73. The number of rotatable bonds is 4. The fourth-order valence-corrected chi connectivity index (χ4v) is 3.25. The smallest absolute Gasteiger partial charge is 0.317 e. The van der Waals surface area contributed by atoms with Crippen molar-refractivity contribution >= 4 is 17.6 Å². The number of nitrogens with zero attached hydrogens (tertiary/aromatic N) is 1. The predicted molar refractivity (Wildman–Crippen MR) is 92.2 cm³/mol. The number of benzene rings is 1. The van der Waals surface area contributed by atoms with E-state index in [9.17, 15) is 4.79 Å². The molecule has 0 bridgehead atoms. The molecule has 4 heteroatoms. The van der Waals surface area contributed by atoms with Crippen LogP contribution in [0.25, 0.3) is 0 Å². The van der Waals surface area contributed by atoms with Gasteiger partial charge in [-0.25, -0.2) is 4.79 Å². The lowest BCUT2D eigenvalue weighted by Gasteiger charge is -2.31. The highest BCUT2D eigenvalue weighted by Gasteiger charge is 2.27. The molecule has 2 rings (SSSR count). The van der Waals surface area contributed by atoms with Crippen molar-refractivity contribution in [2.75, 3.05) is 13.1 Å². The molecule has 1 N–H and O–H groups in total. The highest BCUT2D eigenvalue weighted by atomic mass is 35.5. The van der Waals surface area contributed by atoms with Gasteiger partial charge in [-0.15, -0.1) is 0 Å². The largest absolute Gasteiger partial charge is 0.338 e. The summed E-state index contributed by atoms with van der Waals surface area (Å²) in [4.78, 5) is 14.6. The average molecular weight is 323 g/mol. The maximum atomic E-state index is 12.6. The number of likely N-dealkylation sites (tertiary alicyclic amines) is 1. The van der Waals surface area contributed by atoms with Crippen LogP contribution in [0.15, 0.2) is 24.3 Å². The molecule has 0 spiro atoms. The van der Waals surface area contributed by atoms with Crippen LogP contribution in [0.3, 0.4) is 0 Å². The van der Waals surface area contributed by atoms with Gasteiger partial charge in [-0.1, -0.05) is 56.5 Å². The van der Waals surface area contributed by atoms with Crippen LogP contribution in [0.5, 0.6) is 0 Å². The molecule has 1 fully saturated rings. The van der Waals surface area contributed by atoms with E-state index in [2.05, 4.69) is 19.2 Å². The van der Waals surface area contributed by atoms with Gasteiger partial charge < -0.3 is 10.2 Å². The summed E-state index contributed by atoms with van der Waals surface area (Å²) in [7, 11) is 0. The predicted octanol–water partition coefficient (Wildman–Crippen LogP) is 5.01.